The zero-order valence-electron chi connectivity index (χ0n) is 11.8. The van der Waals surface area contributed by atoms with Crippen molar-refractivity contribution >= 4 is 11.4 Å². The highest BCUT2D eigenvalue weighted by molar-refractivity contribution is 5.67. The Kier molecular flexibility index (Phi) is 4.32. The van der Waals surface area contributed by atoms with Gasteiger partial charge in [0.1, 0.15) is 5.75 Å². The Hall–Kier alpha value is -1.68. The van der Waals surface area contributed by atoms with Gasteiger partial charge in [-0.1, -0.05) is 12.6 Å². The molecule has 2 rings (SSSR count). The van der Waals surface area contributed by atoms with Crippen LogP contribution in [0, 0.1) is 0 Å². The van der Waals surface area contributed by atoms with Crippen LogP contribution in [0.5, 0.6) is 5.75 Å². The highest BCUT2D eigenvalue weighted by atomic mass is 16.5. The number of rotatable bonds is 4. The van der Waals surface area contributed by atoms with Crippen LogP contribution in [0.2, 0.25) is 0 Å². The summed E-state index contributed by atoms with van der Waals surface area (Å²) in [5.74, 6) is 0.698. The summed E-state index contributed by atoms with van der Waals surface area (Å²) in [7, 11) is 3.79. The number of likely N-dealkylation sites (tertiary alicyclic amines) is 1. The molecule has 0 aromatic heterocycles. The van der Waals surface area contributed by atoms with Crippen LogP contribution in [0.1, 0.15) is 18.4 Å². The van der Waals surface area contributed by atoms with Crippen LogP contribution in [0.4, 0.5) is 5.69 Å². The minimum absolute atomic E-state index is 0.507. The van der Waals surface area contributed by atoms with Crippen molar-refractivity contribution in [1.82, 2.24) is 10.2 Å². The lowest BCUT2D eigenvalue weighted by Crippen LogP contribution is -2.39. The molecule has 1 aliphatic rings. The fourth-order valence-corrected chi connectivity index (χ4v) is 2.38. The number of benzene rings is 1. The molecule has 0 unspecified atom stereocenters. The molecule has 0 bridgehead atoms. The summed E-state index contributed by atoms with van der Waals surface area (Å²) in [6.07, 6.45) is 2.31. The third-order valence-electron chi connectivity index (χ3n) is 3.68. The molecule has 4 nitrogen and oxygen atoms in total. The maximum atomic E-state index is 5.82. The van der Waals surface area contributed by atoms with Gasteiger partial charge in [0.05, 0.1) is 12.8 Å². The molecule has 1 saturated heterocycles. The van der Waals surface area contributed by atoms with Gasteiger partial charge < -0.3 is 20.7 Å². The summed E-state index contributed by atoms with van der Waals surface area (Å²) in [6, 6.07) is 6.27. The Morgan fingerprint density at radius 1 is 1.42 bits per heavy atom. The number of hydrogen-bond acceptors (Lipinski definition) is 4. The number of nitrogens with one attached hydrogen (secondary N) is 1. The van der Waals surface area contributed by atoms with Gasteiger partial charge >= 0.3 is 0 Å². The number of nitrogens with zero attached hydrogens (tertiary/aromatic N) is 1. The molecule has 1 fully saturated rings. The smallest absolute Gasteiger partial charge is 0.142 e. The standard InChI is InChI=1S/C15H23N3O/c1-11(17-13-6-8-18(2)9-7-13)12-4-5-14(16)15(10-12)19-3/h4-5,10,13,17H,1,6-9,16H2,2-3H3. The summed E-state index contributed by atoms with van der Waals surface area (Å²) in [5.41, 5.74) is 8.44. The number of ether oxygens (including phenoxy) is 1. The second-order valence-corrected chi connectivity index (χ2v) is 5.16. The van der Waals surface area contributed by atoms with E-state index in [0.29, 0.717) is 17.5 Å². The van der Waals surface area contributed by atoms with E-state index in [1.165, 1.54) is 0 Å². The fourth-order valence-electron chi connectivity index (χ4n) is 2.38. The lowest BCUT2D eigenvalue weighted by Gasteiger charge is -2.30. The van der Waals surface area contributed by atoms with Gasteiger partial charge in [0.25, 0.3) is 0 Å². The second-order valence-electron chi connectivity index (χ2n) is 5.16. The quantitative estimate of drug-likeness (QED) is 0.813. The van der Waals surface area contributed by atoms with Crippen molar-refractivity contribution in [3.05, 3.63) is 30.3 Å². The average Bonchev–Trinajstić information content (AvgIpc) is 2.42. The van der Waals surface area contributed by atoms with Crippen molar-refractivity contribution in [3.8, 4) is 5.75 Å². The number of methoxy groups -OCH3 is 1. The minimum Gasteiger partial charge on any atom is -0.495 e. The van der Waals surface area contributed by atoms with E-state index in [9.17, 15) is 0 Å². The van der Waals surface area contributed by atoms with Crippen LogP contribution in [-0.2, 0) is 0 Å². The Morgan fingerprint density at radius 3 is 2.74 bits per heavy atom. The summed E-state index contributed by atoms with van der Waals surface area (Å²) in [6.45, 7) is 6.39. The Morgan fingerprint density at radius 2 is 2.11 bits per heavy atom. The van der Waals surface area contributed by atoms with Crippen molar-refractivity contribution in [3.63, 3.8) is 0 Å². The molecule has 1 aromatic rings. The van der Waals surface area contributed by atoms with Crippen molar-refractivity contribution < 1.29 is 4.74 Å². The van der Waals surface area contributed by atoms with Crippen molar-refractivity contribution in [1.29, 1.82) is 0 Å². The first-order valence-electron chi connectivity index (χ1n) is 6.68. The number of nitrogens with two attached hydrogens (primary N) is 1. The van der Waals surface area contributed by atoms with E-state index in [4.69, 9.17) is 10.5 Å². The number of anilines is 1. The first-order valence-corrected chi connectivity index (χ1v) is 6.68. The molecule has 0 aliphatic carbocycles. The molecule has 1 heterocycles. The Bertz CT molecular complexity index is 451. The van der Waals surface area contributed by atoms with Crippen molar-refractivity contribution in [2.45, 2.75) is 18.9 Å². The van der Waals surface area contributed by atoms with Crippen LogP contribution in [0.25, 0.3) is 5.70 Å². The molecule has 1 aliphatic heterocycles. The SMILES string of the molecule is C=C(NC1CCN(C)CC1)c1ccc(N)c(OC)c1. The predicted octanol–water partition coefficient (Wildman–Crippen LogP) is 1.93. The van der Waals surface area contributed by atoms with E-state index in [1.54, 1.807) is 7.11 Å². The van der Waals surface area contributed by atoms with Gasteiger partial charge in [-0.05, 0) is 45.1 Å². The Labute approximate surface area is 115 Å². The van der Waals surface area contributed by atoms with Gasteiger partial charge in [0, 0.05) is 17.3 Å². The largest absolute Gasteiger partial charge is 0.495 e. The summed E-state index contributed by atoms with van der Waals surface area (Å²) < 4.78 is 5.24. The normalized spacial score (nSPS) is 17.2. The molecule has 0 saturated carbocycles. The lowest BCUT2D eigenvalue weighted by molar-refractivity contribution is 0.245. The van der Waals surface area contributed by atoms with Crippen LogP contribution in [-0.4, -0.2) is 38.2 Å². The van der Waals surface area contributed by atoms with Gasteiger partial charge in [-0.2, -0.15) is 0 Å². The zero-order valence-corrected chi connectivity index (χ0v) is 11.8. The van der Waals surface area contributed by atoms with Gasteiger partial charge in [0.15, 0.2) is 0 Å². The predicted molar refractivity (Wildman–Crippen MR) is 80.1 cm³/mol. The maximum absolute atomic E-state index is 5.82. The third kappa shape index (κ3) is 3.41. The molecule has 0 amide bonds. The average molecular weight is 261 g/mol. The minimum atomic E-state index is 0.507. The highest BCUT2D eigenvalue weighted by Crippen LogP contribution is 2.25. The fraction of sp³-hybridized carbons (Fsp3) is 0.467. The molecule has 19 heavy (non-hydrogen) atoms. The first-order chi connectivity index (χ1) is 9.10. The van der Waals surface area contributed by atoms with Gasteiger partial charge in [0.2, 0.25) is 0 Å². The molecule has 1 aromatic carbocycles. The van der Waals surface area contributed by atoms with Gasteiger partial charge in [-0.3, -0.25) is 0 Å². The van der Waals surface area contributed by atoms with Crippen LogP contribution in [0.3, 0.4) is 0 Å². The molecule has 3 N–H and O–H groups in total. The van der Waals surface area contributed by atoms with Crippen LogP contribution >= 0.6 is 0 Å². The van der Waals surface area contributed by atoms with Crippen molar-refractivity contribution in [2.75, 3.05) is 33.0 Å². The van der Waals surface area contributed by atoms with E-state index in [1.807, 2.05) is 18.2 Å². The molecule has 0 radical (unpaired) electrons. The summed E-state index contributed by atoms with van der Waals surface area (Å²) in [4.78, 5) is 2.35. The van der Waals surface area contributed by atoms with Crippen LogP contribution < -0.4 is 15.8 Å². The van der Waals surface area contributed by atoms with E-state index in [2.05, 4.69) is 23.8 Å². The monoisotopic (exact) mass is 261 g/mol. The maximum Gasteiger partial charge on any atom is 0.142 e. The molecular weight excluding hydrogens is 238 g/mol. The van der Waals surface area contributed by atoms with E-state index >= 15 is 0 Å². The third-order valence-corrected chi connectivity index (χ3v) is 3.68. The summed E-state index contributed by atoms with van der Waals surface area (Å²) >= 11 is 0. The first kappa shape index (κ1) is 13.7. The number of piperidine rings is 1. The molecule has 0 atom stereocenters. The zero-order chi connectivity index (χ0) is 13.8. The number of nitrogen functional groups attached to an aromatic ring is 1. The van der Waals surface area contributed by atoms with Gasteiger partial charge in [-0.25, -0.2) is 0 Å². The lowest BCUT2D eigenvalue weighted by atomic mass is 10.0. The second kappa shape index (κ2) is 5.97. The molecule has 104 valence electrons. The Balaban J connectivity index is 2.00. The van der Waals surface area contributed by atoms with Gasteiger partial charge in [-0.15, -0.1) is 0 Å². The van der Waals surface area contributed by atoms with Crippen LogP contribution in [0.15, 0.2) is 24.8 Å². The molecule has 4 heteroatoms. The molecular formula is C15H23N3O. The van der Waals surface area contributed by atoms with E-state index in [0.717, 1.165) is 37.2 Å². The molecule has 0 spiro atoms. The highest BCUT2D eigenvalue weighted by Gasteiger charge is 2.17. The van der Waals surface area contributed by atoms with E-state index in [-0.39, 0.29) is 0 Å². The summed E-state index contributed by atoms with van der Waals surface area (Å²) in [5, 5.41) is 3.51. The van der Waals surface area contributed by atoms with Crippen molar-refractivity contribution in [2.24, 2.45) is 0 Å². The number of hydrogen-bond donors (Lipinski definition) is 2. The topological polar surface area (TPSA) is 50.5 Å². The van der Waals surface area contributed by atoms with E-state index < -0.39 is 0 Å².